The zero-order valence-electron chi connectivity index (χ0n) is 6.80. The van der Waals surface area contributed by atoms with Gasteiger partial charge in [0.1, 0.15) is 0 Å². The summed E-state index contributed by atoms with van der Waals surface area (Å²) in [5.41, 5.74) is 1.00. The average molecular weight is 219 g/mol. The summed E-state index contributed by atoms with van der Waals surface area (Å²) >= 11 is 10.9. The molecule has 1 saturated carbocycles. The smallest absolute Gasteiger partial charge is 0.229 e. The monoisotopic (exact) mass is 218 g/mol. The molecule has 2 rings (SSSR count). The summed E-state index contributed by atoms with van der Waals surface area (Å²) in [6.45, 7) is 0. The summed E-state index contributed by atoms with van der Waals surface area (Å²) in [5, 5.41) is -0.875. The standard InChI is InChI=1S/C9H8Cl2O2/c10-8(12)6-4-1-2-5(3-4)7(6)9(11)13/h1,5-7H,2-3H2/t5?,6-,7-/m0/s1. The second-order valence-corrected chi connectivity index (χ2v) is 4.34. The van der Waals surface area contributed by atoms with Crippen LogP contribution < -0.4 is 0 Å². The number of fused-ring (bicyclic) bond motifs is 2. The lowest BCUT2D eigenvalue weighted by Crippen LogP contribution is -2.27. The first-order chi connectivity index (χ1) is 6.11. The van der Waals surface area contributed by atoms with Gasteiger partial charge in [-0.1, -0.05) is 11.6 Å². The third-order valence-electron chi connectivity index (χ3n) is 2.95. The van der Waals surface area contributed by atoms with Crippen LogP contribution in [0.4, 0.5) is 0 Å². The normalized spacial score (nSPS) is 36.2. The van der Waals surface area contributed by atoms with Gasteiger partial charge in [0.05, 0.1) is 11.8 Å². The maximum Gasteiger partial charge on any atom is 0.229 e. The van der Waals surface area contributed by atoms with E-state index in [9.17, 15) is 9.59 Å². The van der Waals surface area contributed by atoms with E-state index in [1.807, 2.05) is 6.08 Å². The van der Waals surface area contributed by atoms with Gasteiger partial charge in [-0.05, 0) is 42.0 Å². The fraction of sp³-hybridized carbons (Fsp3) is 0.556. The molecule has 0 aromatic carbocycles. The third-order valence-corrected chi connectivity index (χ3v) is 3.44. The molecule has 70 valence electrons. The molecule has 0 heterocycles. The van der Waals surface area contributed by atoms with Gasteiger partial charge in [0.25, 0.3) is 0 Å². The van der Waals surface area contributed by atoms with Crippen LogP contribution in [0.15, 0.2) is 11.6 Å². The minimum atomic E-state index is -0.451. The summed E-state index contributed by atoms with van der Waals surface area (Å²) in [7, 11) is 0. The van der Waals surface area contributed by atoms with Gasteiger partial charge in [0.2, 0.25) is 10.5 Å². The molecular formula is C9H8Cl2O2. The van der Waals surface area contributed by atoms with Gasteiger partial charge in [-0.3, -0.25) is 9.59 Å². The summed E-state index contributed by atoms with van der Waals surface area (Å²) in [6.07, 6.45) is 3.68. The summed E-state index contributed by atoms with van der Waals surface area (Å²) in [4.78, 5) is 22.1. The van der Waals surface area contributed by atoms with Crippen LogP contribution in [0.25, 0.3) is 0 Å². The van der Waals surface area contributed by atoms with E-state index in [4.69, 9.17) is 23.2 Å². The fourth-order valence-corrected chi connectivity index (χ4v) is 2.99. The molecule has 0 amide bonds. The Morgan fingerprint density at radius 3 is 2.46 bits per heavy atom. The van der Waals surface area contributed by atoms with E-state index >= 15 is 0 Å². The molecule has 0 N–H and O–H groups in total. The van der Waals surface area contributed by atoms with Crippen molar-refractivity contribution in [3.63, 3.8) is 0 Å². The molecule has 0 aromatic rings. The lowest BCUT2D eigenvalue weighted by molar-refractivity contribution is -0.123. The van der Waals surface area contributed by atoms with Gasteiger partial charge < -0.3 is 0 Å². The van der Waals surface area contributed by atoms with Gasteiger partial charge in [-0.25, -0.2) is 0 Å². The van der Waals surface area contributed by atoms with Gasteiger partial charge in [-0.15, -0.1) is 0 Å². The largest absolute Gasteiger partial charge is 0.281 e. The SMILES string of the molecule is O=C(Cl)[C@H]1C2=CCC(C2)[C@@H]1C(=O)Cl. The Kier molecular flexibility index (Phi) is 2.20. The topological polar surface area (TPSA) is 34.1 Å². The first-order valence-corrected chi connectivity index (χ1v) is 4.94. The predicted octanol–water partition coefficient (Wildman–Crippen LogP) is 2.10. The molecule has 2 aliphatic carbocycles. The van der Waals surface area contributed by atoms with Crippen LogP contribution in [0.5, 0.6) is 0 Å². The molecule has 1 fully saturated rings. The Hall–Kier alpha value is -0.340. The van der Waals surface area contributed by atoms with Gasteiger partial charge in [-0.2, -0.15) is 0 Å². The Morgan fingerprint density at radius 2 is 2.00 bits per heavy atom. The third kappa shape index (κ3) is 1.32. The first kappa shape index (κ1) is 9.22. The number of allylic oxidation sites excluding steroid dienone is 2. The number of hydrogen-bond acceptors (Lipinski definition) is 2. The Labute approximate surface area is 85.9 Å². The van der Waals surface area contributed by atoms with E-state index in [1.54, 1.807) is 0 Å². The molecule has 2 nitrogen and oxygen atoms in total. The second kappa shape index (κ2) is 3.10. The zero-order valence-corrected chi connectivity index (χ0v) is 8.31. The van der Waals surface area contributed by atoms with Gasteiger partial charge >= 0.3 is 0 Å². The molecule has 3 atom stereocenters. The van der Waals surface area contributed by atoms with E-state index < -0.39 is 16.4 Å². The highest BCUT2D eigenvalue weighted by Gasteiger charge is 2.48. The highest BCUT2D eigenvalue weighted by atomic mass is 35.5. The Morgan fingerprint density at radius 1 is 1.31 bits per heavy atom. The first-order valence-electron chi connectivity index (χ1n) is 4.19. The number of hydrogen-bond donors (Lipinski definition) is 0. The van der Waals surface area contributed by atoms with Crippen LogP contribution in [-0.2, 0) is 9.59 Å². The van der Waals surface area contributed by atoms with Crippen molar-refractivity contribution in [2.24, 2.45) is 17.8 Å². The molecule has 0 aliphatic heterocycles. The number of carbonyl (C=O) groups is 2. The quantitative estimate of drug-likeness (QED) is 0.526. The summed E-state index contributed by atoms with van der Waals surface area (Å²) < 4.78 is 0. The van der Waals surface area contributed by atoms with Crippen LogP contribution in [0, 0.1) is 17.8 Å². The molecule has 2 aliphatic rings. The van der Waals surface area contributed by atoms with Crippen molar-refractivity contribution in [1.29, 1.82) is 0 Å². The van der Waals surface area contributed by atoms with Crippen LogP contribution in [0.2, 0.25) is 0 Å². The van der Waals surface area contributed by atoms with Crippen LogP contribution >= 0.6 is 23.2 Å². The van der Waals surface area contributed by atoms with Gasteiger partial charge in [0.15, 0.2) is 0 Å². The lowest BCUT2D eigenvalue weighted by atomic mass is 9.85. The van der Waals surface area contributed by atoms with Crippen LogP contribution in [-0.4, -0.2) is 10.5 Å². The molecule has 4 heteroatoms. The predicted molar refractivity (Wildman–Crippen MR) is 49.5 cm³/mol. The van der Waals surface area contributed by atoms with Crippen molar-refractivity contribution >= 4 is 33.7 Å². The van der Waals surface area contributed by atoms with Crippen molar-refractivity contribution in [3.05, 3.63) is 11.6 Å². The molecule has 0 radical (unpaired) electrons. The molecule has 1 unspecified atom stereocenters. The maximum absolute atomic E-state index is 11.1. The molecule has 0 spiro atoms. The molecule has 13 heavy (non-hydrogen) atoms. The highest BCUT2D eigenvalue weighted by Crippen LogP contribution is 2.50. The van der Waals surface area contributed by atoms with Crippen molar-refractivity contribution in [2.45, 2.75) is 12.8 Å². The number of rotatable bonds is 2. The fourth-order valence-electron chi connectivity index (χ4n) is 2.41. The van der Waals surface area contributed by atoms with E-state index in [2.05, 4.69) is 0 Å². The zero-order chi connectivity index (χ0) is 9.59. The Bertz CT molecular complexity index is 309. The number of carbonyl (C=O) groups excluding carboxylic acids is 2. The van der Waals surface area contributed by atoms with Crippen LogP contribution in [0.1, 0.15) is 12.8 Å². The van der Waals surface area contributed by atoms with Crippen molar-refractivity contribution in [3.8, 4) is 0 Å². The molecule has 0 aromatic heterocycles. The van der Waals surface area contributed by atoms with Crippen molar-refractivity contribution in [2.75, 3.05) is 0 Å². The Balaban J connectivity index is 2.33. The minimum Gasteiger partial charge on any atom is -0.281 e. The maximum atomic E-state index is 11.1. The molecule has 2 bridgehead atoms. The van der Waals surface area contributed by atoms with E-state index in [1.165, 1.54) is 0 Å². The highest BCUT2D eigenvalue weighted by molar-refractivity contribution is 6.67. The van der Waals surface area contributed by atoms with E-state index in [0.717, 1.165) is 18.4 Å². The van der Waals surface area contributed by atoms with Crippen molar-refractivity contribution < 1.29 is 9.59 Å². The van der Waals surface area contributed by atoms with Crippen LogP contribution in [0.3, 0.4) is 0 Å². The minimum absolute atomic E-state index is 0.215. The second-order valence-electron chi connectivity index (χ2n) is 3.59. The molecule has 0 saturated heterocycles. The van der Waals surface area contributed by atoms with Gasteiger partial charge in [0, 0.05) is 0 Å². The van der Waals surface area contributed by atoms with Crippen molar-refractivity contribution in [1.82, 2.24) is 0 Å². The number of halogens is 2. The summed E-state index contributed by atoms with van der Waals surface area (Å²) in [5.74, 6) is -0.593. The van der Waals surface area contributed by atoms with E-state index in [0.29, 0.717) is 0 Å². The molecular weight excluding hydrogens is 211 g/mol. The average Bonchev–Trinajstić information content (AvgIpc) is 2.60. The lowest BCUT2D eigenvalue weighted by Gasteiger charge is -2.20. The van der Waals surface area contributed by atoms with E-state index in [-0.39, 0.29) is 11.8 Å². The summed E-state index contributed by atoms with van der Waals surface area (Å²) in [6, 6.07) is 0.